The lowest BCUT2D eigenvalue weighted by atomic mass is 10.2. The topological polar surface area (TPSA) is 88.4 Å². The van der Waals surface area contributed by atoms with Crippen LogP contribution in [0.3, 0.4) is 0 Å². The summed E-state index contributed by atoms with van der Waals surface area (Å²) < 4.78 is 34.1. The maximum Gasteiger partial charge on any atom is 0.387 e. The van der Waals surface area contributed by atoms with Gasteiger partial charge in [0, 0.05) is 5.69 Å². The van der Waals surface area contributed by atoms with Gasteiger partial charge in [-0.1, -0.05) is 23.7 Å². The lowest BCUT2D eigenvalue weighted by Gasteiger charge is -2.15. The fraction of sp³-hybridized carbons (Fsp3) is 0.167. The molecular formula is C18H13ClF2N2O4. The highest BCUT2D eigenvalue weighted by Crippen LogP contribution is 2.23. The van der Waals surface area contributed by atoms with E-state index in [0.717, 1.165) is 0 Å². The number of halogens is 3. The van der Waals surface area contributed by atoms with E-state index in [0.29, 0.717) is 5.69 Å². The van der Waals surface area contributed by atoms with Crippen molar-refractivity contribution < 1.29 is 27.8 Å². The molecular weight excluding hydrogens is 382 g/mol. The number of benzene rings is 2. The molecule has 0 bridgehead atoms. The van der Waals surface area contributed by atoms with Gasteiger partial charge >= 0.3 is 12.6 Å². The van der Waals surface area contributed by atoms with E-state index in [1.54, 1.807) is 0 Å². The third-order valence-corrected chi connectivity index (χ3v) is 3.65. The van der Waals surface area contributed by atoms with Crippen LogP contribution in [-0.2, 0) is 9.53 Å². The number of amides is 1. The van der Waals surface area contributed by atoms with E-state index in [4.69, 9.17) is 21.6 Å². The first-order valence-corrected chi connectivity index (χ1v) is 7.95. The summed E-state index contributed by atoms with van der Waals surface area (Å²) in [7, 11) is 0. The SMILES string of the molecule is CC(OC(=O)c1ccccc1OC(F)F)C(=O)Nc1ccc(C#N)c(Cl)c1. The lowest BCUT2D eigenvalue weighted by molar-refractivity contribution is -0.123. The molecule has 0 aliphatic rings. The number of carbonyl (C=O) groups is 2. The normalized spacial score (nSPS) is 11.4. The highest BCUT2D eigenvalue weighted by molar-refractivity contribution is 6.32. The Morgan fingerprint density at radius 1 is 1.22 bits per heavy atom. The molecule has 1 atom stereocenters. The van der Waals surface area contributed by atoms with Crippen LogP contribution in [0.5, 0.6) is 5.75 Å². The van der Waals surface area contributed by atoms with Crippen LogP contribution in [0.25, 0.3) is 0 Å². The molecule has 0 aromatic heterocycles. The summed E-state index contributed by atoms with van der Waals surface area (Å²) in [5, 5.41) is 11.5. The number of nitrogens with zero attached hydrogens (tertiary/aromatic N) is 1. The number of nitrogens with one attached hydrogen (secondary N) is 1. The molecule has 0 radical (unpaired) electrons. The minimum absolute atomic E-state index is 0.151. The molecule has 140 valence electrons. The van der Waals surface area contributed by atoms with E-state index < -0.39 is 24.6 Å². The van der Waals surface area contributed by atoms with Crippen LogP contribution < -0.4 is 10.1 Å². The van der Waals surface area contributed by atoms with Gasteiger partial charge in [0.25, 0.3) is 5.91 Å². The van der Waals surface area contributed by atoms with E-state index in [-0.39, 0.29) is 21.9 Å². The second-order valence-corrected chi connectivity index (χ2v) is 5.63. The fourth-order valence-electron chi connectivity index (χ4n) is 2.04. The Kier molecular flexibility index (Phi) is 6.68. The van der Waals surface area contributed by atoms with Crippen LogP contribution in [0.4, 0.5) is 14.5 Å². The van der Waals surface area contributed by atoms with Crippen LogP contribution in [0.1, 0.15) is 22.8 Å². The van der Waals surface area contributed by atoms with Crippen molar-refractivity contribution in [3.8, 4) is 11.8 Å². The molecule has 2 aromatic carbocycles. The van der Waals surface area contributed by atoms with Gasteiger partial charge in [-0.15, -0.1) is 0 Å². The van der Waals surface area contributed by atoms with Crippen molar-refractivity contribution in [3.63, 3.8) is 0 Å². The van der Waals surface area contributed by atoms with Gasteiger partial charge in [0.1, 0.15) is 17.4 Å². The van der Waals surface area contributed by atoms with Crippen LogP contribution in [0.2, 0.25) is 5.02 Å². The van der Waals surface area contributed by atoms with Crippen LogP contribution >= 0.6 is 11.6 Å². The smallest absolute Gasteiger partial charge is 0.387 e. The van der Waals surface area contributed by atoms with Gasteiger partial charge in [-0.25, -0.2) is 4.79 Å². The van der Waals surface area contributed by atoms with Crippen molar-refractivity contribution in [1.82, 2.24) is 0 Å². The number of carbonyl (C=O) groups excluding carboxylic acids is 2. The van der Waals surface area contributed by atoms with Crippen LogP contribution in [0, 0.1) is 11.3 Å². The molecule has 0 fully saturated rings. The first-order valence-electron chi connectivity index (χ1n) is 7.57. The van der Waals surface area contributed by atoms with E-state index in [2.05, 4.69) is 10.1 Å². The Bertz CT molecular complexity index is 899. The average molecular weight is 395 g/mol. The molecule has 1 amide bonds. The molecule has 0 heterocycles. The van der Waals surface area contributed by atoms with Gasteiger partial charge in [0.15, 0.2) is 6.10 Å². The number of rotatable bonds is 6. The largest absolute Gasteiger partial charge is 0.449 e. The standard InChI is InChI=1S/C18H13ClF2N2O4/c1-10(16(24)23-12-7-6-11(9-22)14(19)8-12)26-17(25)13-4-2-3-5-15(13)27-18(20)21/h2-8,10,18H,1H3,(H,23,24). The van der Waals surface area contributed by atoms with E-state index in [9.17, 15) is 18.4 Å². The predicted octanol–water partition coefficient (Wildman–Crippen LogP) is 4.00. The van der Waals surface area contributed by atoms with Gasteiger partial charge in [-0.05, 0) is 37.3 Å². The summed E-state index contributed by atoms with van der Waals surface area (Å²) in [6.45, 7) is -1.80. The fourth-order valence-corrected chi connectivity index (χ4v) is 2.26. The molecule has 0 saturated heterocycles. The van der Waals surface area contributed by atoms with Crippen molar-refractivity contribution >= 4 is 29.2 Å². The summed E-state index contributed by atoms with van der Waals surface area (Å²) >= 11 is 5.88. The molecule has 0 spiro atoms. The molecule has 9 heteroatoms. The molecule has 27 heavy (non-hydrogen) atoms. The minimum Gasteiger partial charge on any atom is -0.449 e. The van der Waals surface area contributed by atoms with Crippen molar-refractivity contribution in [2.75, 3.05) is 5.32 Å². The van der Waals surface area contributed by atoms with Crippen molar-refractivity contribution in [1.29, 1.82) is 5.26 Å². The summed E-state index contributed by atoms with van der Waals surface area (Å²) in [4.78, 5) is 24.3. The number of para-hydroxylation sites is 1. The molecule has 1 N–H and O–H groups in total. The third-order valence-electron chi connectivity index (χ3n) is 3.33. The molecule has 6 nitrogen and oxygen atoms in total. The Balaban J connectivity index is 2.05. The van der Waals surface area contributed by atoms with Crippen LogP contribution in [0.15, 0.2) is 42.5 Å². The first kappa shape index (κ1) is 20.1. The lowest BCUT2D eigenvalue weighted by Crippen LogP contribution is -2.30. The molecule has 2 aromatic rings. The maximum absolute atomic E-state index is 12.4. The van der Waals surface area contributed by atoms with E-state index in [1.807, 2.05) is 6.07 Å². The number of anilines is 1. The summed E-state index contributed by atoms with van der Waals surface area (Å²) in [6, 6.07) is 11.4. The zero-order valence-corrected chi connectivity index (χ0v) is 14.7. The quantitative estimate of drug-likeness (QED) is 0.748. The molecule has 0 saturated carbocycles. The summed E-state index contributed by atoms with van der Waals surface area (Å²) in [6.07, 6.45) is -1.23. The highest BCUT2D eigenvalue weighted by atomic mass is 35.5. The number of ether oxygens (including phenoxy) is 2. The van der Waals surface area contributed by atoms with Gasteiger partial charge in [0.05, 0.1) is 10.6 Å². The van der Waals surface area contributed by atoms with Crippen LogP contribution in [-0.4, -0.2) is 24.6 Å². The second kappa shape index (κ2) is 8.96. The van der Waals surface area contributed by atoms with E-state index in [1.165, 1.54) is 49.4 Å². The Morgan fingerprint density at radius 3 is 2.56 bits per heavy atom. The molecule has 0 aliphatic carbocycles. The van der Waals surface area contributed by atoms with Crippen molar-refractivity contribution in [2.24, 2.45) is 0 Å². The number of hydrogen-bond acceptors (Lipinski definition) is 5. The average Bonchev–Trinajstić information content (AvgIpc) is 2.61. The van der Waals surface area contributed by atoms with Gasteiger partial charge in [-0.2, -0.15) is 14.0 Å². The van der Waals surface area contributed by atoms with Crippen molar-refractivity contribution in [2.45, 2.75) is 19.6 Å². The third kappa shape index (κ3) is 5.39. The second-order valence-electron chi connectivity index (χ2n) is 5.22. The number of hydrogen-bond donors (Lipinski definition) is 1. The molecule has 0 aliphatic heterocycles. The first-order chi connectivity index (χ1) is 12.8. The van der Waals surface area contributed by atoms with Crippen molar-refractivity contribution in [3.05, 3.63) is 58.6 Å². The number of nitriles is 1. The monoisotopic (exact) mass is 394 g/mol. The number of esters is 1. The van der Waals surface area contributed by atoms with Gasteiger partial charge in [-0.3, -0.25) is 4.79 Å². The predicted molar refractivity (Wildman–Crippen MR) is 92.7 cm³/mol. The van der Waals surface area contributed by atoms with Gasteiger partial charge < -0.3 is 14.8 Å². The minimum atomic E-state index is -3.11. The summed E-state index contributed by atoms with van der Waals surface area (Å²) in [5.74, 6) is -2.02. The molecule has 1 unspecified atom stereocenters. The van der Waals surface area contributed by atoms with E-state index >= 15 is 0 Å². The number of alkyl halides is 2. The maximum atomic E-state index is 12.4. The Hall–Kier alpha value is -3.18. The van der Waals surface area contributed by atoms with Gasteiger partial charge in [0.2, 0.25) is 0 Å². The Labute approximate surface area is 158 Å². The zero-order valence-electron chi connectivity index (χ0n) is 13.9. The summed E-state index contributed by atoms with van der Waals surface area (Å²) in [5.41, 5.74) is 0.303. The Morgan fingerprint density at radius 2 is 1.93 bits per heavy atom. The zero-order chi connectivity index (χ0) is 20.0. The highest BCUT2D eigenvalue weighted by Gasteiger charge is 2.22. The molecule has 2 rings (SSSR count).